The number of thiophene rings is 1. The van der Waals surface area contributed by atoms with E-state index in [4.69, 9.17) is 0 Å². The second-order valence-electron chi connectivity index (χ2n) is 6.14. The lowest BCUT2D eigenvalue weighted by atomic mass is 10.0. The molecule has 0 atom stereocenters. The van der Waals surface area contributed by atoms with Crippen LogP contribution in [0.15, 0.2) is 29.0 Å². The predicted octanol–water partition coefficient (Wildman–Crippen LogP) is 1.68. The summed E-state index contributed by atoms with van der Waals surface area (Å²) in [5.41, 5.74) is 1.45. The molecule has 1 N–H and O–H groups in total. The number of fused-ring (bicyclic) bond motifs is 1. The molecule has 4 rings (SSSR count). The van der Waals surface area contributed by atoms with E-state index in [0.29, 0.717) is 19.1 Å². The number of aromatic amines is 1. The van der Waals surface area contributed by atoms with Crippen molar-refractivity contribution in [3.05, 3.63) is 34.4 Å². The lowest BCUT2D eigenvalue weighted by Crippen LogP contribution is -2.47. The summed E-state index contributed by atoms with van der Waals surface area (Å²) in [6, 6.07) is 2.71. The van der Waals surface area contributed by atoms with E-state index in [1.165, 1.54) is 23.0 Å². The van der Waals surface area contributed by atoms with Gasteiger partial charge in [-0.05, 0) is 36.3 Å². The number of hydrogen-bond acceptors (Lipinski definition) is 5. The van der Waals surface area contributed by atoms with Crippen molar-refractivity contribution >= 4 is 21.4 Å². The van der Waals surface area contributed by atoms with E-state index in [-0.39, 0.29) is 5.03 Å². The molecule has 23 heavy (non-hydrogen) atoms. The number of sulfonamides is 1. The molecule has 2 aromatic rings. The van der Waals surface area contributed by atoms with Crippen molar-refractivity contribution in [1.29, 1.82) is 0 Å². The predicted molar refractivity (Wildman–Crippen MR) is 88.8 cm³/mol. The molecule has 1 fully saturated rings. The summed E-state index contributed by atoms with van der Waals surface area (Å²) in [6.07, 6.45) is 5.70. The smallest absolute Gasteiger partial charge is 0.260 e. The monoisotopic (exact) mass is 352 g/mol. The SMILES string of the molecule is O=S(=O)(c1cnc[nH]1)N1CCC(N2CCc3sccc3C2)CC1. The highest BCUT2D eigenvalue weighted by molar-refractivity contribution is 7.89. The zero-order chi connectivity index (χ0) is 15.9. The van der Waals surface area contributed by atoms with Crippen LogP contribution >= 0.6 is 11.3 Å². The van der Waals surface area contributed by atoms with E-state index in [1.54, 1.807) is 4.31 Å². The molecule has 0 radical (unpaired) electrons. The van der Waals surface area contributed by atoms with Crippen LogP contribution in [0.1, 0.15) is 23.3 Å². The van der Waals surface area contributed by atoms with Crippen LogP contribution in [0, 0.1) is 0 Å². The molecule has 8 heteroatoms. The van der Waals surface area contributed by atoms with Crippen LogP contribution in [0.4, 0.5) is 0 Å². The Morgan fingerprint density at radius 3 is 2.83 bits per heavy atom. The molecule has 2 aliphatic heterocycles. The maximum absolute atomic E-state index is 12.5. The zero-order valence-corrected chi connectivity index (χ0v) is 14.4. The summed E-state index contributed by atoms with van der Waals surface area (Å²) in [5.74, 6) is 0. The lowest BCUT2D eigenvalue weighted by Gasteiger charge is -2.39. The molecule has 0 spiro atoms. The summed E-state index contributed by atoms with van der Waals surface area (Å²) in [5, 5.41) is 2.37. The summed E-state index contributed by atoms with van der Waals surface area (Å²) in [7, 11) is -3.41. The van der Waals surface area contributed by atoms with Crippen LogP contribution < -0.4 is 0 Å². The fourth-order valence-corrected chi connectivity index (χ4v) is 5.81. The summed E-state index contributed by atoms with van der Waals surface area (Å²) < 4.78 is 26.6. The van der Waals surface area contributed by atoms with Crippen molar-refractivity contribution in [3.63, 3.8) is 0 Å². The average Bonchev–Trinajstić information content (AvgIpc) is 3.26. The van der Waals surface area contributed by atoms with Crippen LogP contribution in [-0.2, 0) is 23.0 Å². The molecule has 124 valence electrons. The average molecular weight is 352 g/mol. The van der Waals surface area contributed by atoms with Gasteiger partial charge >= 0.3 is 0 Å². The quantitative estimate of drug-likeness (QED) is 0.912. The Hall–Kier alpha value is -1.22. The third-order valence-corrected chi connectivity index (χ3v) is 7.72. The zero-order valence-electron chi connectivity index (χ0n) is 12.8. The number of H-pyrrole nitrogens is 1. The van der Waals surface area contributed by atoms with Crippen LogP contribution in [0.2, 0.25) is 0 Å². The van der Waals surface area contributed by atoms with Gasteiger partial charge in [0.1, 0.15) is 0 Å². The van der Waals surface area contributed by atoms with E-state index >= 15 is 0 Å². The fraction of sp³-hybridized carbons (Fsp3) is 0.533. The normalized spacial score (nSPS) is 21.4. The van der Waals surface area contributed by atoms with E-state index in [9.17, 15) is 8.42 Å². The van der Waals surface area contributed by atoms with Crippen molar-refractivity contribution in [2.75, 3.05) is 19.6 Å². The van der Waals surface area contributed by atoms with Crippen molar-refractivity contribution in [1.82, 2.24) is 19.2 Å². The summed E-state index contributed by atoms with van der Waals surface area (Å²) >= 11 is 1.85. The largest absolute Gasteiger partial charge is 0.335 e. The van der Waals surface area contributed by atoms with Gasteiger partial charge in [-0.1, -0.05) is 0 Å². The van der Waals surface area contributed by atoms with Gasteiger partial charge in [0.05, 0.1) is 12.5 Å². The molecule has 0 unspecified atom stereocenters. The summed E-state index contributed by atoms with van der Waals surface area (Å²) in [6.45, 7) is 3.26. The molecule has 4 heterocycles. The molecular weight excluding hydrogens is 332 g/mol. The topological polar surface area (TPSA) is 69.3 Å². The second-order valence-corrected chi connectivity index (χ2v) is 9.05. The van der Waals surface area contributed by atoms with Gasteiger partial charge in [-0.25, -0.2) is 13.4 Å². The maximum atomic E-state index is 12.5. The van der Waals surface area contributed by atoms with Crippen molar-refractivity contribution in [2.45, 2.75) is 36.9 Å². The highest BCUT2D eigenvalue weighted by atomic mass is 32.2. The molecule has 2 aromatic heterocycles. The Balaban J connectivity index is 1.40. The Morgan fingerprint density at radius 2 is 2.09 bits per heavy atom. The second kappa shape index (κ2) is 6.01. The molecule has 6 nitrogen and oxygen atoms in total. The number of imidazole rings is 1. The Morgan fingerprint density at radius 1 is 1.26 bits per heavy atom. The molecule has 1 saturated heterocycles. The third kappa shape index (κ3) is 2.84. The number of hydrogen-bond donors (Lipinski definition) is 1. The minimum absolute atomic E-state index is 0.192. The Kier molecular flexibility index (Phi) is 4.00. The van der Waals surface area contributed by atoms with Gasteiger partial charge in [-0.3, -0.25) is 4.90 Å². The van der Waals surface area contributed by atoms with Gasteiger partial charge in [-0.2, -0.15) is 4.31 Å². The first kappa shape index (κ1) is 15.3. The minimum atomic E-state index is -3.41. The number of piperidine rings is 1. The Labute approximate surface area is 140 Å². The number of nitrogens with zero attached hydrogens (tertiary/aromatic N) is 3. The minimum Gasteiger partial charge on any atom is -0.335 e. The standard InChI is InChI=1S/C15H20N4O2S2/c20-23(21,15-9-16-11-17-15)19-6-1-13(2-7-19)18-5-3-14-12(10-18)4-8-22-14/h4,8-9,11,13H,1-3,5-7,10H2,(H,16,17). The molecule has 0 bridgehead atoms. The molecular formula is C15H20N4O2S2. The van der Waals surface area contributed by atoms with E-state index < -0.39 is 10.0 Å². The number of aromatic nitrogens is 2. The third-order valence-electron chi connectivity index (χ3n) is 4.87. The van der Waals surface area contributed by atoms with Crippen LogP contribution in [0.5, 0.6) is 0 Å². The fourth-order valence-electron chi connectivity index (χ4n) is 3.55. The molecule has 0 aromatic carbocycles. The van der Waals surface area contributed by atoms with E-state index in [1.807, 2.05) is 11.3 Å². The number of nitrogens with one attached hydrogen (secondary N) is 1. The molecule has 0 aliphatic carbocycles. The van der Waals surface area contributed by atoms with Gasteiger partial charge in [0.15, 0.2) is 5.03 Å². The highest BCUT2D eigenvalue weighted by Gasteiger charge is 2.33. The highest BCUT2D eigenvalue weighted by Crippen LogP contribution is 2.29. The van der Waals surface area contributed by atoms with Gasteiger partial charge in [0.25, 0.3) is 10.0 Å². The molecule has 2 aliphatic rings. The van der Waals surface area contributed by atoms with Crippen LogP contribution in [0.3, 0.4) is 0 Å². The van der Waals surface area contributed by atoms with Crippen molar-refractivity contribution in [2.24, 2.45) is 0 Å². The first-order chi connectivity index (χ1) is 11.1. The van der Waals surface area contributed by atoms with Crippen LogP contribution in [-0.4, -0.2) is 53.3 Å². The van der Waals surface area contributed by atoms with Gasteiger partial charge in [-0.15, -0.1) is 11.3 Å². The van der Waals surface area contributed by atoms with Gasteiger partial charge < -0.3 is 4.98 Å². The number of rotatable bonds is 3. The lowest BCUT2D eigenvalue weighted by molar-refractivity contribution is 0.127. The first-order valence-corrected chi connectivity index (χ1v) is 10.2. The van der Waals surface area contributed by atoms with Gasteiger partial charge in [0.2, 0.25) is 0 Å². The molecule has 0 saturated carbocycles. The van der Waals surface area contributed by atoms with E-state index in [2.05, 4.69) is 26.3 Å². The van der Waals surface area contributed by atoms with Crippen molar-refractivity contribution in [3.8, 4) is 0 Å². The van der Waals surface area contributed by atoms with Crippen LogP contribution in [0.25, 0.3) is 0 Å². The Bertz CT molecular complexity index is 761. The maximum Gasteiger partial charge on any atom is 0.260 e. The van der Waals surface area contributed by atoms with Crippen molar-refractivity contribution < 1.29 is 8.42 Å². The molecule has 0 amide bonds. The van der Waals surface area contributed by atoms with Gasteiger partial charge in [0, 0.05) is 37.1 Å². The first-order valence-electron chi connectivity index (χ1n) is 7.92. The summed E-state index contributed by atoms with van der Waals surface area (Å²) in [4.78, 5) is 10.6. The van der Waals surface area contributed by atoms with E-state index in [0.717, 1.165) is 32.4 Å².